The Morgan fingerprint density at radius 1 is 0.529 bits per heavy atom. The number of anilines is 3. The maximum Gasteiger partial charge on any atom is 0.425 e. The Morgan fingerprint density at radius 2 is 0.913 bits per heavy atom. The van der Waals surface area contributed by atoms with E-state index in [-0.39, 0.29) is 5.70 Å². The van der Waals surface area contributed by atoms with E-state index in [2.05, 4.69) is 276 Å². The summed E-state index contributed by atoms with van der Waals surface area (Å²) in [6, 6.07) is 77.3. The molecule has 0 saturated carbocycles. The number of rotatable bonds is 33. The minimum absolute atomic E-state index is 0.0434. The third-order valence-electron chi connectivity index (χ3n) is 17.5. The van der Waals surface area contributed by atoms with Gasteiger partial charge in [0.2, 0.25) is 0 Å². The molecule has 0 unspecified atom stereocenters. The highest BCUT2D eigenvalue weighted by molar-refractivity contribution is 7.59. The largest absolute Gasteiger partial charge is 0.425 e. The van der Waals surface area contributed by atoms with Crippen LogP contribution in [0.5, 0.6) is 0 Å². The van der Waals surface area contributed by atoms with Crippen LogP contribution in [0, 0.1) is 24.6 Å². The number of nitriles is 1. The summed E-state index contributed by atoms with van der Waals surface area (Å²) in [5, 5.41) is 12.4. The van der Waals surface area contributed by atoms with Crippen LogP contribution in [0.1, 0.15) is 142 Å². The molecule has 0 atom stereocenters. The van der Waals surface area contributed by atoms with Crippen molar-refractivity contribution in [3.8, 4) is 6.07 Å². The number of hydrogen-bond acceptors (Lipinski definition) is 8. The van der Waals surface area contributed by atoms with Crippen molar-refractivity contribution in [1.29, 1.82) is 5.26 Å². The number of nitrogens with one attached hydrogen (secondary N) is 1. The van der Waals surface area contributed by atoms with E-state index in [4.69, 9.17) is 19.2 Å². The van der Waals surface area contributed by atoms with Crippen LogP contribution in [0.15, 0.2) is 272 Å². The highest BCUT2D eigenvalue weighted by Crippen LogP contribution is 2.32. The second kappa shape index (κ2) is 44.3. The Balaban J connectivity index is 0.00000180. The van der Waals surface area contributed by atoms with Crippen LogP contribution in [-0.2, 0) is 48.1 Å². The van der Waals surface area contributed by atoms with Crippen LogP contribution in [0.3, 0.4) is 0 Å². The Bertz CT molecular complexity index is 4400. The van der Waals surface area contributed by atoms with Gasteiger partial charge in [-0.25, -0.2) is 9.42 Å². The van der Waals surface area contributed by atoms with Gasteiger partial charge in [-0.2, -0.15) is 5.26 Å². The summed E-state index contributed by atoms with van der Waals surface area (Å²) in [6.45, 7) is 23.0. The van der Waals surface area contributed by atoms with Gasteiger partial charge in [-0.3, -0.25) is 4.79 Å². The number of unbranched alkanes of at least 4 members (excludes halogenated alkanes) is 4. The Kier molecular flexibility index (Phi) is 34.2. The van der Waals surface area contributed by atoms with E-state index in [0.717, 1.165) is 146 Å². The molecule has 0 aromatic heterocycles. The lowest BCUT2D eigenvalue weighted by molar-refractivity contribution is -0.527. The fraction of sp³-hybridized carbons (Fsp3) is 0.247. The summed E-state index contributed by atoms with van der Waals surface area (Å²) in [7, 11) is -3.11. The van der Waals surface area contributed by atoms with Gasteiger partial charge >= 0.3 is 10.6 Å². The van der Waals surface area contributed by atoms with Gasteiger partial charge in [0.05, 0.1) is 12.6 Å². The molecule has 8 aromatic rings. The molecule has 9 rings (SSSR count). The molecule has 8 aromatic carbocycles. The maximum absolute atomic E-state index is 13.2. The molecule has 0 bridgehead atoms. The fourth-order valence-corrected chi connectivity index (χ4v) is 11.9. The van der Waals surface area contributed by atoms with Crippen LogP contribution in [0.25, 0.3) is 28.1 Å². The molecule has 11 nitrogen and oxygen atoms in total. The zero-order valence-electron chi connectivity index (χ0n) is 60.3. The molecule has 0 aliphatic heterocycles. The average Bonchev–Trinajstić information content (AvgIpc) is 0.824. The number of carbonyl (C=O) groups is 1. The molecule has 536 valence electrons. The molecule has 0 spiro atoms. The number of carbonyl (C=O) groups excluding carboxylic acids is 1. The van der Waals surface area contributed by atoms with Gasteiger partial charge in [0.1, 0.15) is 13.1 Å². The molecule has 0 heterocycles. The van der Waals surface area contributed by atoms with Crippen LogP contribution >= 0.6 is 0 Å². The predicted octanol–water partition coefficient (Wildman–Crippen LogP) is 21.0. The molecule has 104 heavy (non-hydrogen) atoms. The van der Waals surface area contributed by atoms with Crippen LogP contribution in [-0.4, -0.2) is 55.0 Å². The molecule has 0 saturated heterocycles. The van der Waals surface area contributed by atoms with Crippen molar-refractivity contribution in [2.24, 2.45) is 0 Å². The molecular weight excluding hydrogens is 1320 g/mol. The van der Waals surface area contributed by atoms with Crippen molar-refractivity contribution < 1.29 is 35.2 Å². The highest BCUT2D eigenvalue weighted by atomic mass is 32.2. The van der Waals surface area contributed by atoms with E-state index in [1.54, 1.807) is 6.08 Å². The first-order chi connectivity index (χ1) is 50.6. The quantitative estimate of drug-likeness (QED) is 0.0142. The fourth-order valence-electron chi connectivity index (χ4n) is 11.9. The first-order valence-electron chi connectivity index (χ1n) is 35.6. The first kappa shape index (κ1) is 80.2. The second-order valence-electron chi connectivity index (χ2n) is 25.3. The Labute approximate surface area is 616 Å². The molecule has 0 fully saturated rings. The topological polar surface area (TPSA) is 121 Å². The van der Waals surface area contributed by atoms with E-state index in [1.807, 2.05) is 55.5 Å². The summed E-state index contributed by atoms with van der Waals surface area (Å²) < 4.78 is 56.6. The molecular formula is C89H94F3N7O4S. The maximum atomic E-state index is 13.2. The normalized spacial score (nSPS) is 12.0. The monoisotopic (exact) mass is 1410 g/mol. The number of hydrogen-bond donors (Lipinski definition) is 1. The predicted molar refractivity (Wildman–Crippen MR) is 422 cm³/mol. The van der Waals surface area contributed by atoms with Crippen LogP contribution in [0.4, 0.5) is 30.2 Å². The molecule has 1 amide bonds. The summed E-state index contributed by atoms with van der Waals surface area (Å²) in [5.41, 5.74) is 19.8. The number of allylic oxidation sites excluding steroid dienone is 10. The number of nitrogens with zero attached hydrogens (tertiary/aromatic N) is 6. The number of halogens is 3. The summed E-state index contributed by atoms with van der Waals surface area (Å²) in [6.07, 6.45) is 29.0. The second-order valence-corrected chi connectivity index (χ2v) is 25.7. The molecule has 1 N–H and O–H groups in total. The lowest BCUT2D eigenvalue weighted by Crippen LogP contribution is -2.25. The standard InChI is InChI=1S/C88H93N7O.CF3.O3S/c1-7-11-57-92(58-12-8-2)81-53-45-79(46-54-81)85(77-41-33-75(34-42-77)67-94(65-73-27-20-16-21-28-73)83-49-37-70(38-50-83)61-69(5)63-89)31-24-32-86(80-47-55-82(56-48-80)93(59-13-9-3)60-14-10-4)78-43-35-76(36-44-78)68-95(66-74-29-22-17-23-30-74)84-51-39-71(40-52-84)62-87(90-6)88(96)91-64-72-25-18-15-19-26-72;2-1(3)4;1-4(2)3/h15-56,61-62H,7-14,57-60,64-68H2,1-5H3;;/q;-1;/p+1. The SMILES string of the molecule is F[C-](F)F.O=S(=O)=O.[C-]#[N+]C(=Cc1ccc(N(Cc2ccccc2)Cc2ccc(/C(=C/C=C/C(=C3C=CC(=[N+](CCCC)CCCC)C=C3)c3ccc(CN(Cc4ccccc4)c4ccc(C=C(C)C#N)cc4)cc3)c3ccc(N(CCCC)CCCC)cc3)cc2)cc1)C(=O)NCc1ccccc1. The van der Waals surface area contributed by atoms with Crippen molar-refractivity contribution in [1.82, 2.24) is 5.32 Å². The van der Waals surface area contributed by atoms with E-state index in [9.17, 15) is 23.2 Å². The van der Waals surface area contributed by atoms with E-state index >= 15 is 0 Å². The van der Waals surface area contributed by atoms with Crippen molar-refractivity contribution in [3.05, 3.63) is 345 Å². The van der Waals surface area contributed by atoms with Gasteiger partial charge < -0.3 is 33.2 Å². The minimum Gasteiger partial charge on any atom is -0.385 e. The smallest absolute Gasteiger partial charge is 0.385 e. The lowest BCUT2D eigenvalue weighted by Gasteiger charge is -2.26. The lowest BCUT2D eigenvalue weighted by atomic mass is 9.93. The zero-order valence-corrected chi connectivity index (χ0v) is 61.1. The first-order valence-corrected chi connectivity index (χ1v) is 36.6. The molecule has 1 aliphatic rings. The highest BCUT2D eigenvalue weighted by Gasteiger charge is 2.18. The Morgan fingerprint density at radius 3 is 1.34 bits per heavy atom. The molecule has 0 radical (unpaired) electrons. The molecule has 1 aliphatic carbocycles. The summed E-state index contributed by atoms with van der Waals surface area (Å²) >= 11 is 0. The van der Waals surface area contributed by atoms with Crippen molar-refractivity contribution >= 4 is 62.6 Å². The van der Waals surface area contributed by atoms with E-state index < -0.39 is 23.2 Å². The third-order valence-corrected chi connectivity index (χ3v) is 17.5. The summed E-state index contributed by atoms with van der Waals surface area (Å²) in [5.74, 6) is -0.395. The molecule has 15 heteroatoms. The van der Waals surface area contributed by atoms with Crippen molar-refractivity contribution in [3.63, 3.8) is 0 Å². The summed E-state index contributed by atoms with van der Waals surface area (Å²) in [4.78, 5) is 24.1. The average molecular weight is 1410 g/mol. The van der Waals surface area contributed by atoms with Gasteiger partial charge in [-0.05, 0) is 153 Å². The van der Waals surface area contributed by atoms with E-state index in [0.29, 0.717) is 31.8 Å². The van der Waals surface area contributed by atoms with Gasteiger partial charge in [0.15, 0.2) is 12.4 Å². The number of benzene rings is 8. The van der Waals surface area contributed by atoms with Crippen molar-refractivity contribution in [2.45, 2.75) is 119 Å². The van der Waals surface area contributed by atoms with Crippen LogP contribution < -0.4 is 20.0 Å². The van der Waals surface area contributed by atoms with Crippen LogP contribution in [0.2, 0.25) is 0 Å². The minimum atomic E-state index is -3.11. The third kappa shape index (κ3) is 27.3. The van der Waals surface area contributed by atoms with E-state index in [1.165, 1.54) is 33.7 Å². The van der Waals surface area contributed by atoms with Gasteiger partial charge in [-0.15, -0.1) is 12.6 Å². The van der Waals surface area contributed by atoms with Gasteiger partial charge in [0.25, 0.3) is 11.6 Å². The van der Waals surface area contributed by atoms with Crippen molar-refractivity contribution in [2.75, 3.05) is 40.9 Å². The zero-order chi connectivity index (χ0) is 74.3. The Hall–Kier alpha value is -11.1. The van der Waals surface area contributed by atoms with Gasteiger partial charge in [0, 0.05) is 93.4 Å². The van der Waals surface area contributed by atoms with Gasteiger partial charge in [-0.1, -0.05) is 248 Å². The number of amides is 1.